The molecule has 1 amide bonds. The average Bonchev–Trinajstić information content (AvgIpc) is 2.88. The summed E-state index contributed by atoms with van der Waals surface area (Å²) >= 11 is 0. The Balaban J connectivity index is 2.26. The highest BCUT2D eigenvalue weighted by Gasteiger charge is 2.41. The molecule has 3 N–H and O–H groups in total. The maximum atomic E-state index is 12.5. The molecule has 2 atom stereocenters. The van der Waals surface area contributed by atoms with E-state index in [0.717, 1.165) is 0 Å². The van der Waals surface area contributed by atoms with E-state index in [1.54, 1.807) is 19.1 Å². The summed E-state index contributed by atoms with van der Waals surface area (Å²) in [7, 11) is 0. The fraction of sp³-hybridized carbons (Fsp3) is 0.429. The van der Waals surface area contributed by atoms with Crippen molar-refractivity contribution in [2.24, 2.45) is 5.73 Å². The summed E-state index contributed by atoms with van der Waals surface area (Å²) in [4.78, 5) is 25.0. The summed E-state index contributed by atoms with van der Waals surface area (Å²) in [6.07, 6.45) is 1.19. The fourth-order valence-electron chi connectivity index (χ4n) is 2.47. The summed E-state index contributed by atoms with van der Waals surface area (Å²) in [6, 6.07) is 8.28. The third kappa shape index (κ3) is 2.46. The number of hydrogen-bond acceptors (Lipinski definition) is 3. The van der Waals surface area contributed by atoms with Crippen molar-refractivity contribution in [3.05, 3.63) is 35.9 Å². The van der Waals surface area contributed by atoms with E-state index in [1.807, 2.05) is 18.2 Å². The van der Waals surface area contributed by atoms with Gasteiger partial charge in [-0.15, -0.1) is 0 Å². The van der Waals surface area contributed by atoms with E-state index in [1.165, 1.54) is 4.90 Å². The van der Waals surface area contributed by atoms with Crippen LogP contribution in [0.5, 0.6) is 0 Å². The minimum Gasteiger partial charge on any atom is -0.480 e. The van der Waals surface area contributed by atoms with Crippen molar-refractivity contribution in [3.8, 4) is 0 Å². The number of carbonyl (C=O) groups is 2. The molecule has 1 aromatic rings. The number of likely N-dealkylation sites (tertiary alicyclic amines) is 1. The van der Waals surface area contributed by atoms with Crippen LogP contribution in [0.25, 0.3) is 0 Å². The highest BCUT2D eigenvalue weighted by Crippen LogP contribution is 2.26. The van der Waals surface area contributed by atoms with E-state index in [0.29, 0.717) is 24.9 Å². The highest BCUT2D eigenvalue weighted by atomic mass is 16.4. The maximum Gasteiger partial charge on any atom is 0.326 e. The molecule has 1 aliphatic heterocycles. The lowest BCUT2D eigenvalue weighted by atomic mass is 9.91. The number of benzene rings is 1. The van der Waals surface area contributed by atoms with E-state index in [4.69, 9.17) is 10.8 Å². The van der Waals surface area contributed by atoms with Gasteiger partial charge in [0.2, 0.25) is 5.91 Å². The van der Waals surface area contributed by atoms with Crippen molar-refractivity contribution in [1.29, 1.82) is 0 Å². The first-order valence-corrected chi connectivity index (χ1v) is 6.33. The third-order valence-electron chi connectivity index (χ3n) is 3.62. The monoisotopic (exact) mass is 262 g/mol. The zero-order chi connectivity index (χ0) is 14.0. The average molecular weight is 262 g/mol. The fourth-order valence-corrected chi connectivity index (χ4v) is 2.47. The van der Waals surface area contributed by atoms with Crippen LogP contribution in [0, 0.1) is 0 Å². The molecule has 1 aromatic carbocycles. The Labute approximate surface area is 112 Å². The molecule has 1 heterocycles. The van der Waals surface area contributed by atoms with Crippen LogP contribution < -0.4 is 5.73 Å². The second-order valence-corrected chi connectivity index (χ2v) is 5.06. The van der Waals surface area contributed by atoms with Crippen molar-refractivity contribution >= 4 is 11.9 Å². The minimum absolute atomic E-state index is 0.330. The Morgan fingerprint density at radius 1 is 1.37 bits per heavy atom. The van der Waals surface area contributed by atoms with Crippen LogP contribution >= 0.6 is 0 Å². The van der Waals surface area contributed by atoms with Gasteiger partial charge in [0.25, 0.3) is 0 Å². The van der Waals surface area contributed by atoms with Gasteiger partial charge in [0, 0.05) is 6.54 Å². The molecule has 1 unspecified atom stereocenters. The number of carbonyl (C=O) groups excluding carboxylic acids is 1. The van der Waals surface area contributed by atoms with E-state index in [-0.39, 0.29) is 5.91 Å². The number of carboxylic acids is 1. The topological polar surface area (TPSA) is 83.6 Å². The number of nitrogens with two attached hydrogens (primary N) is 1. The maximum absolute atomic E-state index is 12.5. The van der Waals surface area contributed by atoms with Crippen molar-refractivity contribution < 1.29 is 14.7 Å². The molecule has 0 radical (unpaired) electrons. The van der Waals surface area contributed by atoms with Crippen LogP contribution in [-0.2, 0) is 15.1 Å². The SMILES string of the molecule is CC(N)(C(=O)N1CCC[C@H]1C(=O)O)c1ccccc1. The normalized spacial score (nSPS) is 22.0. The van der Waals surface area contributed by atoms with Crippen molar-refractivity contribution in [2.75, 3.05) is 6.54 Å². The van der Waals surface area contributed by atoms with Gasteiger partial charge < -0.3 is 15.7 Å². The van der Waals surface area contributed by atoms with E-state index < -0.39 is 17.6 Å². The van der Waals surface area contributed by atoms with Crippen LogP contribution in [0.2, 0.25) is 0 Å². The molecule has 0 aliphatic carbocycles. The predicted molar refractivity (Wildman–Crippen MR) is 70.4 cm³/mol. The molecule has 1 fully saturated rings. The molecular weight excluding hydrogens is 244 g/mol. The predicted octanol–water partition coefficient (Wildman–Crippen LogP) is 0.936. The lowest BCUT2D eigenvalue weighted by molar-refractivity contribution is -0.150. The first-order valence-electron chi connectivity index (χ1n) is 6.33. The number of carboxylic acid groups (broad SMARTS) is 1. The number of rotatable bonds is 3. The molecule has 0 saturated carbocycles. The summed E-state index contributed by atoms with van der Waals surface area (Å²) < 4.78 is 0. The molecule has 0 spiro atoms. The minimum atomic E-state index is -1.20. The lowest BCUT2D eigenvalue weighted by Crippen LogP contribution is -2.53. The Morgan fingerprint density at radius 3 is 2.58 bits per heavy atom. The van der Waals surface area contributed by atoms with Crippen molar-refractivity contribution in [1.82, 2.24) is 4.90 Å². The first-order chi connectivity index (χ1) is 8.94. The Kier molecular flexibility index (Phi) is 3.57. The molecule has 0 bridgehead atoms. The van der Waals surface area contributed by atoms with Crippen LogP contribution in [0.1, 0.15) is 25.3 Å². The standard InChI is InChI=1S/C14H18N2O3/c1-14(15,10-6-3-2-4-7-10)13(19)16-9-5-8-11(16)12(17)18/h2-4,6-7,11H,5,8-9,15H2,1H3,(H,17,18)/t11-,14?/m0/s1. The summed E-state index contributed by atoms with van der Waals surface area (Å²) in [5, 5.41) is 9.13. The second-order valence-electron chi connectivity index (χ2n) is 5.06. The van der Waals surface area contributed by atoms with E-state index in [9.17, 15) is 9.59 Å². The lowest BCUT2D eigenvalue weighted by Gasteiger charge is -2.31. The van der Waals surface area contributed by atoms with Gasteiger partial charge in [0.05, 0.1) is 0 Å². The van der Waals surface area contributed by atoms with Crippen molar-refractivity contribution in [2.45, 2.75) is 31.3 Å². The molecule has 5 nitrogen and oxygen atoms in total. The number of hydrogen-bond donors (Lipinski definition) is 2. The zero-order valence-electron chi connectivity index (χ0n) is 10.9. The van der Waals surface area contributed by atoms with Gasteiger partial charge in [-0.05, 0) is 25.3 Å². The molecular formula is C14H18N2O3. The van der Waals surface area contributed by atoms with Crippen LogP contribution in [0.4, 0.5) is 0 Å². The Bertz CT molecular complexity index is 485. The molecule has 1 aliphatic rings. The first kappa shape index (κ1) is 13.5. The highest BCUT2D eigenvalue weighted by molar-refractivity contribution is 5.91. The number of aliphatic carboxylic acids is 1. The molecule has 102 valence electrons. The van der Waals surface area contributed by atoms with Crippen molar-refractivity contribution in [3.63, 3.8) is 0 Å². The van der Waals surface area contributed by atoms with Gasteiger partial charge in [0.15, 0.2) is 0 Å². The van der Waals surface area contributed by atoms with Gasteiger partial charge in [-0.3, -0.25) is 4.79 Å². The van der Waals surface area contributed by atoms with Gasteiger partial charge in [-0.25, -0.2) is 4.79 Å². The molecule has 1 saturated heterocycles. The van der Waals surface area contributed by atoms with Gasteiger partial charge in [0.1, 0.15) is 11.6 Å². The smallest absolute Gasteiger partial charge is 0.326 e. The molecule has 2 rings (SSSR count). The summed E-state index contributed by atoms with van der Waals surface area (Å²) in [5.41, 5.74) is 5.64. The molecule has 19 heavy (non-hydrogen) atoms. The Morgan fingerprint density at radius 2 is 2.00 bits per heavy atom. The molecule has 5 heteroatoms. The third-order valence-corrected chi connectivity index (χ3v) is 3.62. The second kappa shape index (κ2) is 5.01. The van der Waals surface area contributed by atoms with Gasteiger partial charge in [-0.2, -0.15) is 0 Å². The number of amides is 1. The zero-order valence-corrected chi connectivity index (χ0v) is 10.9. The largest absolute Gasteiger partial charge is 0.480 e. The number of nitrogens with zero attached hydrogens (tertiary/aromatic N) is 1. The van der Waals surface area contributed by atoms with Crippen LogP contribution in [0.15, 0.2) is 30.3 Å². The quantitative estimate of drug-likeness (QED) is 0.849. The van der Waals surface area contributed by atoms with Gasteiger partial charge in [-0.1, -0.05) is 30.3 Å². The van der Waals surface area contributed by atoms with Crippen LogP contribution in [-0.4, -0.2) is 34.5 Å². The summed E-state index contributed by atoms with van der Waals surface area (Å²) in [6.45, 7) is 2.08. The van der Waals surface area contributed by atoms with E-state index in [2.05, 4.69) is 0 Å². The summed E-state index contributed by atoms with van der Waals surface area (Å²) in [5.74, 6) is -1.29. The Hall–Kier alpha value is -1.88. The van der Waals surface area contributed by atoms with Crippen LogP contribution in [0.3, 0.4) is 0 Å². The molecule has 0 aromatic heterocycles. The van der Waals surface area contributed by atoms with E-state index >= 15 is 0 Å². The van der Waals surface area contributed by atoms with Gasteiger partial charge >= 0.3 is 5.97 Å².